The van der Waals surface area contributed by atoms with E-state index in [1.165, 1.54) is 6.42 Å². The molecule has 0 aliphatic carbocycles. The Kier molecular flexibility index (Phi) is 5.91. The van der Waals surface area contributed by atoms with E-state index in [0.29, 0.717) is 43.0 Å². The van der Waals surface area contributed by atoms with Gasteiger partial charge < -0.3 is 14.2 Å². The molecule has 0 N–H and O–H groups in total. The monoisotopic (exact) mass is 357 g/mol. The van der Waals surface area contributed by atoms with E-state index in [2.05, 4.69) is 24.0 Å². The van der Waals surface area contributed by atoms with Crippen LogP contribution in [-0.2, 0) is 11.2 Å². The lowest BCUT2D eigenvalue weighted by Gasteiger charge is -2.35. The van der Waals surface area contributed by atoms with Crippen LogP contribution in [0, 0.1) is 11.8 Å². The summed E-state index contributed by atoms with van der Waals surface area (Å²) < 4.78 is 10.7. The average Bonchev–Trinajstić information content (AvgIpc) is 3.09. The van der Waals surface area contributed by atoms with E-state index in [4.69, 9.17) is 9.26 Å². The van der Waals surface area contributed by atoms with Crippen LogP contribution < -0.4 is 4.74 Å². The summed E-state index contributed by atoms with van der Waals surface area (Å²) in [6, 6.07) is 7.58. The number of ether oxygens (including phenoxy) is 1. The number of rotatable bonds is 6. The molecule has 0 spiro atoms. The Hall–Kier alpha value is -2.37. The van der Waals surface area contributed by atoms with Crippen LogP contribution in [0.1, 0.15) is 39.5 Å². The van der Waals surface area contributed by atoms with Crippen molar-refractivity contribution in [2.75, 3.05) is 19.7 Å². The minimum atomic E-state index is 0.171. The number of aromatic nitrogens is 2. The van der Waals surface area contributed by atoms with Crippen LogP contribution in [-0.4, -0.2) is 40.6 Å². The van der Waals surface area contributed by atoms with Gasteiger partial charge in [-0.25, -0.2) is 0 Å². The molecule has 2 atom stereocenters. The first-order chi connectivity index (χ1) is 12.5. The van der Waals surface area contributed by atoms with Gasteiger partial charge in [0, 0.05) is 31.5 Å². The molecule has 6 nitrogen and oxygen atoms in total. The molecule has 1 aliphatic heterocycles. The third kappa shape index (κ3) is 4.62. The largest absolute Gasteiger partial charge is 0.494 e. The molecule has 1 amide bonds. The molecule has 2 unspecified atom stereocenters. The van der Waals surface area contributed by atoms with E-state index >= 15 is 0 Å². The molecular formula is C20H27N3O3. The smallest absolute Gasteiger partial charge is 0.227 e. The van der Waals surface area contributed by atoms with E-state index in [1.54, 1.807) is 0 Å². The summed E-state index contributed by atoms with van der Waals surface area (Å²) in [7, 11) is 0. The molecule has 2 aromatic rings. The minimum Gasteiger partial charge on any atom is -0.494 e. The Balaban J connectivity index is 1.55. The van der Waals surface area contributed by atoms with Crippen molar-refractivity contribution in [2.45, 2.75) is 40.0 Å². The molecule has 1 fully saturated rings. The van der Waals surface area contributed by atoms with Crippen molar-refractivity contribution >= 4 is 5.91 Å². The maximum atomic E-state index is 12.5. The van der Waals surface area contributed by atoms with Crippen molar-refractivity contribution in [3.8, 4) is 17.1 Å². The summed E-state index contributed by atoms with van der Waals surface area (Å²) in [4.78, 5) is 18.8. The maximum Gasteiger partial charge on any atom is 0.227 e. The quantitative estimate of drug-likeness (QED) is 0.790. The van der Waals surface area contributed by atoms with E-state index in [-0.39, 0.29) is 5.91 Å². The lowest BCUT2D eigenvalue weighted by atomic mass is 9.91. The van der Waals surface area contributed by atoms with Crippen LogP contribution in [0.5, 0.6) is 5.75 Å². The lowest BCUT2D eigenvalue weighted by molar-refractivity contribution is -0.133. The molecule has 1 saturated heterocycles. The number of benzene rings is 1. The first-order valence-electron chi connectivity index (χ1n) is 9.38. The summed E-state index contributed by atoms with van der Waals surface area (Å²) in [5.74, 6) is 3.16. The standard InChI is InChI=1S/C20H27N3O3/c1-4-25-17-7-5-16(6-8-17)20-21-18(26-22-20)9-10-19(24)23-12-14(2)11-15(3)13-23/h5-8,14-15H,4,9-13H2,1-3H3. The number of nitrogens with zero attached hydrogens (tertiary/aromatic N) is 3. The lowest BCUT2D eigenvalue weighted by Crippen LogP contribution is -2.42. The molecule has 0 saturated carbocycles. The Morgan fingerprint density at radius 3 is 2.58 bits per heavy atom. The first-order valence-corrected chi connectivity index (χ1v) is 9.38. The van der Waals surface area contributed by atoms with Gasteiger partial charge in [-0.3, -0.25) is 4.79 Å². The van der Waals surface area contributed by atoms with Gasteiger partial charge in [-0.1, -0.05) is 19.0 Å². The summed E-state index contributed by atoms with van der Waals surface area (Å²) in [6.07, 6.45) is 2.07. The van der Waals surface area contributed by atoms with Crippen LogP contribution in [0.3, 0.4) is 0 Å². The zero-order chi connectivity index (χ0) is 18.5. The van der Waals surface area contributed by atoms with E-state index in [1.807, 2.05) is 36.1 Å². The molecule has 3 rings (SSSR count). The van der Waals surface area contributed by atoms with E-state index in [0.717, 1.165) is 24.4 Å². The normalized spacial score (nSPS) is 20.2. The van der Waals surface area contributed by atoms with Gasteiger partial charge in [0.2, 0.25) is 17.6 Å². The minimum absolute atomic E-state index is 0.171. The summed E-state index contributed by atoms with van der Waals surface area (Å²) in [5, 5.41) is 4.02. The fraction of sp³-hybridized carbons (Fsp3) is 0.550. The number of hydrogen-bond acceptors (Lipinski definition) is 5. The van der Waals surface area contributed by atoms with Gasteiger partial charge >= 0.3 is 0 Å². The zero-order valence-corrected chi connectivity index (χ0v) is 15.8. The van der Waals surface area contributed by atoms with Gasteiger partial charge in [0.25, 0.3) is 0 Å². The number of hydrogen-bond donors (Lipinski definition) is 0. The molecule has 6 heteroatoms. The number of carbonyl (C=O) groups excluding carboxylic acids is 1. The van der Waals surface area contributed by atoms with Crippen LogP contribution in [0.25, 0.3) is 11.4 Å². The fourth-order valence-corrected chi connectivity index (χ4v) is 3.58. The van der Waals surface area contributed by atoms with Crippen LogP contribution in [0.2, 0.25) is 0 Å². The number of amides is 1. The second-order valence-electron chi connectivity index (χ2n) is 7.21. The van der Waals surface area contributed by atoms with Gasteiger partial charge in [0.05, 0.1) is 6.61 Å². The Bertz CT molecular complexity index is 716. The Morgan fingerprint density at radius 2 is 1.92 bits per heavy atom. The molecule has 1 aromatic carbocycles. The second kappa shape index (κ2) is 8.34. The zero-order valence-electron chi connectivity index (χ0n) is 15.8. The van der Waals surface area contributed by atoms with Crippen molar-refractivity contribution in [1.82, 2.24) is 15.0 Å². The van der Waals surface area contributed by atoms with Gasteiger partial charge in [-0.15, -0.1) is 0 Å². The highest BCUT2D eigenvalue weighted by atomic mass is 16.5. The van der Waals surface area contributed by atoms with Crippen molar-refractivity contribution < 1.29 is 14.1 Å². The third-order valence-electron chi connectivity index (χ3n) is 4.67. The highest BCUT2D eigenvalue weighted by molar-refractivity contribution is 5.76. The van der Waals surface area contributed by atoms with Gasteiger partial charge in [-0.05, 0) is 49.4 Å². The van der Waals surface area contributed by atoms with Crippen molar-refractivity contribution in [2.24, 2.45) is 11.8 Å². The molecule has 2 heterocycles. The van der Waals surface area contributed by atoms with Crippen molar-refractivity contribution in [1.29, 1.82) is 0 Å². The molecule has 0 bridgehead atoms. The highest BCUT2D eigenvalue weighted by Crippen LogP contribution is 2.23. The third-order valence-corrected chi connectivity index (χ3v) is 4.67. The Labute approximate surface area is 154 Å². The number of carbonyl (C=O) groups is 1. The predicted molar refractivity (Wildman–Crippen MR) is 98.7 cm³/mol. The number of aryl methyl sites for hydroxylation is 1. The highest BCUT2D eigenvalue weighted by Gasteiger charge is 2.25. The Morgan fingerprint density at radius 1 is 1.23 bits per heavy atom. The number of likely N-dealkylation sites (tertiary alicyclic amines) is 1. The van der Waals surface area contributed by atoms with Gasteiger partial charge in [0.15, 0.2) is 0 Å². The van der Waals surface area contributed by atoms with Crippen molar-refractivity contribution in [3.63, 3.8) is 0 Å². The summed E-state index contributed by atoms with van der Waals surface area (Å²) in [6.45, 7) is 8.70. The van der Waals surface area contributed by atoms with Crippen molar-refractivity contribution in [3.05, 3.63) is 30.2 Å². The molecular weight excluding hydrogens is 330 g/mol. The first kappa shape index (κ1) is 18.4. The topological polar surface area (TPSA) is 68.5 Å². The second-order valence-corrected chi connectivity index (χ2v) is 7.21. The maximum absolute atomic E-state index is 12.5. The van der Waals surface area contributed by atoms with Gasteiger partial charge in [0.1, 0.15) is 5.75 Å². The summed E-state index contributed by atoms with van der Waals surface area (Å²) >= 11 is 0. The SMILES string of the molecule is CCOc1ccc(-c2noc(CCC(=O)N3CC(C)CC(C)C3)n2)cc1. The predicted octanol–water partition coefficient (Wildman–Crippen LogP) is 3.57. The van der Waals surface area contributed by atoms with Gasteiger partial charge in [-0.2, -0.15) is 4.98 Å². The molecule has 140 valence electrons. The summed E-state index contributed by atoms with van der Waals surface area (Å²) in [5.41, 5.74) is 0.869. The van der Waals surface area contributed by atoms with Crippen LogP contribution in [0.4, 0.5) is 0 Å². The molecule has 26 heavy (non-hydrogen) atoms. The number of piperidine rings is 1. The molecule has 1 aliphatic rings. The fourth-order valence-electron chi connectivity index (χ4n) is 3.58. The molecule has 1 aromatic heterocycles. The van der Waals surface area contributed by atoms with E-state index < -0.39 is 0 Å². The molecule has 0 radical (unpaired) electrons. The van der Waals surface area contributed by atoms with Crippen LogP contribution in [0.15, 0.2) is 28.8 Å². The van der Waals surface area contributed by atoms with Crippen LogP contribution >= 0.6 is 0 Å². The van der Waals surface area contributed by atoms with E-state index in [9.17, 15) is 4.79 Å². The average molecular weight is 357 g/mol.